The maximum Gasteiger partial charge on any atom is 0.318 e. The molecule has 2 heterocycles. The summed E-state index contributed by atoms with van der Waals surface area (Å²) >= 11 is 0. The third kappa shape index (κ3) is 7.43. The van der Waals surface area contributed by atoms with Gasteiger partial charge in [-0.25, -0.2) is 0 Å². The Kier molecular flexibility index (Phi) is 10.6. The lowest BCUT2D eigenvalue weighted by Crippen LogP contribution is -2.48. The minimum atomic E-state index is -0.250. The van der Waals surface area contributed by atoms with E-state index >= 15 is 0 Å². The average molecular weight is 459 g/mol. The van der Waals surface area contributed by atoms with Crippen LogP contribution < -0.4 is 10.5 Å². The highest BCUT2D eigenvalue weighted by molar-refractivity contribution is 5.80. The second kappa shape index (κ2) is 13.4. The molecule has 3 N–H and O–H groups in total. The van der Waals surface area contributed by atoms with E-state index in [0.717, 1.165) is 80.6 Å². The predicted octanol–water partition coefficient (Wildman–Crippen LogP) is 2.11. The molecule has 10 heteroatoms. The van der Waals surface area contributed by atoms with Crippen molar-refractivity contribution >= 4 is 23.8 Å². The van der Waals surface area contributed by atoms with Gasteiger partial charge in [0.2, 0.25) is 5.91 Å². The van der Waals surface area contributed by atoms with Crippen molar-refractivity contribution in [2.75, 3.05) is 45.6 Å². The molecule has 0 bridgehead atoms. The van der Waals surface area contributed by atoms with Gasteiger partial charge in [-0.2, -0.15) is 15.2 Å². The van der Waals surface area contributed by atoms with Gasteiger partial charge in [0, 0.05) is 37.2 Å². The second-order valence-electron chi connectivity index (χ2n) is 8.20. The molecular weight excluding hydrogens is 424 g/mol. The molecule has 1 aromatic heterocycles. The van der Waals surface area contributed by atoms with Crippen molar-refractivity contribution in [1.82, 2.24) is 19.8 Å². The number of ether oxygens (including phenoxy) is 1. The smallest absolute Gasteiger partial charge is 0.318 e. The third-order valence-corrected chi connectivity index (χ3v) is 5.75. The average Bonchev–Trinajstić information content (AvgIpc) is 3.14. The number of nitrogen functional groups attached to an aromatic ring is 1. The van der Waals surface area contributed by atoms with Crippen LogP contribution in [0.5, 0.6) is 6.01 Å². The van der Waals surface area contributed by atoms with Crippen LogP contribution in [0.4, 0.5) is 5.82 Å². The van der Waals surface area contributed by atoms with E-state index in [0.29, 0.717) is 31.4 Å². The number of allylic oxidation sites excluding steroid dienone is 2. The van der Waals surface area contributed by atoms with Crippen LogP contribution in [0.25, 0.3) is 5.57 Å². The summed E-state index contributed by atoms with van der Waals surface area (Å²) in [6.45, 7) is 5.47. The van der Waals surface area contributed by atoms with Gasteiger partial charge in [-0.05, 0) is 38.3 Å². The normalized spacial score (nSPS) is 15.5. The molecule has 33 heavy (non-hydrogen) atoms. The fourth-order valence-corrected chi connectivity index (χ4v) is 3.92. The molecule has 0 unspecified atom stereocenters. The first-order valence-corrected chi connectivity index (χ1v) is 11.4. The van der Waals surface area contributed by atoms with Gasteiger partial charge in [-0.3, -0.25) is 14.5 Å². The van der Waals surface area contributed by atoms with Gasteiger partial charge in [0.25, 0.3) is 6.47 Å². The number of anilines is 1. The van der Waals surface area contributed by atoms with E-state index in [1.54, 1.807) is 0 Å². The van der Waals surface area contributed by atoms with Gasteiger partial charge in [-0.15, -0.1) is 0 Å². The van der Waals surface area contributed by atoms with Gasteiger partial charge >= 0.3 is 6.01 Å². The fourth-order valence-electron chi connectivity index (χ4n) is 3.92. The maximum absolute atomic E-state index is 12.1. The van der Waals surface area contributed by atoms with Crippen LogP contribution in [0.1, 0.15) is 56.7 Å². The number of carbonyl (C=O) groups is 2. The molecule has 10 nitrogen and oxygen atoms in total. The monoisotopic (exact) mass is 458 g/mol. The number of aromatic nitrogens is 2. The highest BCUT2D eigenvalue weighted by atomic mass is 16.5. The molecule has 1 aliphatic heterocycles. The van der Waals surface area contributed by atoms with Crippen LogP contribution in [-0.4, -0.2) is 77.1 Å². The molecule has 180 valence electrons. The summed E-state index contributed by atoms with van der Waals surface area (Å²) in [5.41, 5.74) is 9.45. The standard InChI is InChI=1S/C22H32N6O2.CH2O2/c1-3-4-12-30-22-25-20-17(16(14-23)13-18(20)21(24)26-22)8-6-5-7-9-28-11-10-27(2)15-19(28)29;2-1-3/h3-13,15H2,1-2H3,(H2,24,25,26);1H,(H,2,3). The Morgan fingerprint density at radius 3 is 2.67 bits per heavy atom. The van der Waals surface area contributed by atoms with Crippen molar-refractivity contribution in [2.24, 2.45) is 0 Å². The topological polar surface area (TPSA) is 146 Å². The van der Waals surface area contributed by atoms with Crippen LogP contribution in [0, 0.1) is 11.3 Å². The lowest BCUT2D eigenvalue weighted by atomic mass is 10.0. The Bertz CT molecular complexity index is 896. The van der Waals surface area contributed by atoms with Gasteiger partial charge in [-0.1, -0.05) is 19.8 Å². The van der Waals surface area contributed by atoms with E-state index in [4.69, 9.17) is 20.4 Å². The Morgan fingerprint density at radius 1 is 1.24 bits per heavy atom. The zero-order valence-corrected chi connectivity index (χ0v) is 19.5. The lowest BCUT2D eigenvalue weighted by Gasteiger charge is -2.32. The Labute approximate surface area is 195 Å². The number of hydrogen-bond donors (Lipinski definition) is 2. The molecule has 0 spiro atoms. The van der Waals surface area contributed by atoms with E-state index in [1.807, 2.05) is 11.9 Å². The first kappa shape index (κ1) is 26.1. The van der Waals surface area contributed by atoms with E-state index < -0.39 is 0 Å². The van der Waals surface area contributed by atoms with Crippen molar-refractivity contribution in [3.63, 3.8) is 0 Å². The molecule has 0 atom stereocenters. The molecule has 1 aliphatic carbocycles. The number of piperazine rings is 1. The molecule has 1 fully saturated rings. The summed E-state index contributed by atoms with van der Waals surface area (Å²) in [6, 6.07) is 2.62. The molecule has 1 aromatic rings. The number of amides is 1. The summed E-state index contributed by atoms with van der Waals surface area (Å²) in [6.07, 6.45) is 6.14. The largest absolute Gasteiger partial charge is 0.483 e. The Morgan fingerprint density at radius 2 is 2.00 bits per heavy atom. The molecule has 1 amide bonds. The molecule has 1 saturated heterocycles. The lowest BCUT2D eigenvalue weighted by molar-refractivity contribution is -0.135. The first-order chi connectivity index (χ1) is 15.9. The molecule has 0 saturated carbocycles. The van der Waals surface area contributed by atoms with E-state index in [1.165, 1.54) is 0 Å². The van der Waals surface area contributed by atoms with Gasteiger partial charge in [0.05, 0.1) is 24.9 Å². The molecule has 0 radical (unpaired) electrons. The van der Waals surface area contributed by atoms with Crippen LogP contribution in [0.3, 0.4) is 0 Å². The van der Waals surface area contributed by atoms with Crippen LogP contribution in [0.2, 0.25) is 0 Å². The summed E-state index contributed by atoms with van der Waals surface area (Å²) in [7, 11) is 1.98. The van der Waals surface area contributed by atoms with Gasteiger partial charge in [0.1, 0.15) is 5.82 Å². The number of likely N-dealkylation sites (N-methyl/N-ethyl adjacent to an activating group) is 1. The number of rotatable bonds is 10. The van der Waals surface area contributed by atoms with Crippen LogP contribution in [-0.2, 0) is 16.0 Å². The van der Waals surface area contributed by atoms with E-state index in [2.05, 4.69) is 27.9 Å². The SMILES string of the molecule is CCCCOc1nc(N)c2c(n1)C(CCCCCN1CCN(C)CC1=O)=C(C#N)C2.O=CO. The number of nitrogens with zero attached hydrogens (tertiary/aromatic N) is 5. The summed E-state index contributed by atoms with van der Waals surface area (Å²) in [4.78, 5) is 33.3. The zero-order valence-electron chi connectivity index (χ0n) is 19.5. The number of carbonyl (C=O) groups excluding carboxylic acids is 1. The fraction of sp³-hybridized carbons (Fsp3) is 0.609. The number of nitriles is 1. The quantitative estimate of drug-likeness (QED) is 0.397. The maximum atomic E-state index is 12.1. The molecule has 2 aliphatic rings. The highest BCUT2D eigenvalue weighted by Crippen LogP contribution is 2.37. The Hall–Kier alpha value is -3.19. The van der Waals surface area contributed by atoms with Crippen molar-refractivity contribution in [1.29, 1.82) is 5.26 Å². The summed E-state index contributed by atoms with van der Waals surface area (Å²) < 4.78 is 5.65. The zero-order chi connectivity index (χ0) is 24.2. The number of fused-ring (bicyclic) bond motifs is 1. The van der Waals surface area contributed by atoms with Gasteiger partial charge in [0.15, 0.2) is 0 Å². The van der Waals surface area contributed by atoms with Crippen molar-refractivity contribution < 1.29 is 19.4 Å². The number of nitrogens with two attached hydrogens (primary N) is 1. The van der Waals surface area contributed by atoms with Crippen molar-refractivity contribution in [3.8, 4) is 12.1 Å². The first-order valence-electron chi connectivity index (χ1n) is 11.4. The number of unbranched alkanes of at least 4 members (excludes halogenated alkanes) is 3. The molecular formula is C23H34N6O4. The van der Waals surface area contributed by atoms with Crippen LogP contribution in [0.15, 0.2) is 5.57 Å². The highest BCUT2D eigenvalue weighted by Gasteiger charge is 2.27. The van der Waals surface area contributed by atoms with E-state index in [9.17, 15) is 10.1 Å². The van der Waals surface area contributed by atoms with Crippen molar-refractivity contribution in [3.05, 3.63) is 16.8 Å². The minimum absolute atomic E-state index is 0.214. The minimum Gasteiger partial charge on any atom is -0.483 e. The predicted molar refractivity (Wildman–Crippen MR) is 124 cm³/mol. The Balaban J connectivity index is 0.00000122. The van der Waals surface area contributed by atoms with Gasteiger partial charge < -0.3 is 20.5 Å². The second-order valence-corrected chi connectivity index (χ2v) is 8.20. The van der Waals surface area contributed by atoms with Crippen molar-refractivity contribution in [2.45, 2.75) is 51.9 Å². The molecule has 0 aromatic carbocycles. The molecule has 3 rings (SSSR count). The number of hydrogen-bond acceptors (Lipinski definition) is 8. The van der Waals surface area contributed by atoms with Crippen LogP contribution >= 0.6 is 0 Å². The third-order valence-electron chi connectivity index (χ3n) is 5.75. The number of carboxylic acid groups (broad SMARTS) is 1. The summed E-state index contributed by atoms with van der Waals surface area (Å²) in [5, 5.41) is 16.5. The van der Waals surface area contributed by atoms with E-state index in [-0.39, 0.29) is 12.4 Å². The summed E-state index contributed by atoms with van der Waals surface area (Å²) in [5.74, 6) is 0.619.